The van der Waals surface area contributed by atoms with Gasteiger partial charge in [-0.15, -0.1) is 0 Å². The predicted molar refractivity (Wildman–Crippen MR) is 93.9 cm³/mol. The van der Waals surface area contributed by atoms with Crippen LogP contribution in [-0.2, 0) is 23.9 Å². The Hall–Kier alpha value is -3.23. The van der Waals surface area contributed by atoms with Crippen molar-refractivity contribution in [1.29, 1.82) is 0 Å². The summed E-state index contributed by atoms with van der Waals surface area (Å²) in [7, 11) is 0. The minimum absolute atomic E-state index is 0.0666. The first-order chi connectivity index (χ1) is 13.2. The van der Waals surface area contributed by atoms with Gasteiger partial charge in [-0.3, -0.25) is 9.59 Å². The van der Waals surface area contributed by atoms with E-state index in [1.54, 1.807) is 24.3 Å². The van der Waals surface area contributed by atoms with E-state index < -0.39 is 29.0 Å². The van der Waals surface area contributed by atoms with Crippen LogP contribution >= 0.6 is 0 Å². The highest BCUT2D eigenvalue weighted by Crippen LogP contribution is 2.30. The lowest BCUT2D eigenvalue weighted by Crippen LogP contribution is -2.25. The van der Waals surface area contributed by atoms with Gasteiger partial charge in [-0.05, 0) is 24.3 Å². The standard InChI is InChI=1S/C19H15F4N3O2/c20-13-9-12(19(21,22)23)6-5-11(13)10-24-17(27)8-7-16-18(28)26-15-4-2-1-3-14(15)25-16/h1-6,9H,7-8,10H2,(H,24,27)(H,26,28). The summed E-state index contributed by atoms with van der Waals surface area (Å²) >= 11 is 0. The number of carbonyl (C=O) groups is 1. The Kier molecular flexibility index (Phi) is 5.43. The molecule has 0 radical (unpaired) electrons. The fourth-order valence-electron chi connectivity index (χ4n) is 2.62. The zero-order valence-electron chi connectivity index (χ0n) is 14.4. The topological polar surface area (TPSA) is 74.8 Å². The molecule has 0 spiro atoms. The number of aromatic nitrogens is 2. The van der Waals surface area contributed by atoms with E-state index in [0.717, 1.165) is 12.1 Å². The first-order valence-corrected chi connectivity index (χ1v) is 8.34. The van der Waals surface area contributed by atoms with Gasteiger partial charge in [0.25, 0.3) is 5.56 Å². The average molecular weight is 393 g/mol. The number of amides is 1. The van der Waals surface area contributed by atoms with Crippen molar-refractivity contribution in [3.8, 4) is 0 Å². The van der Waals surface area contributed by atoms with Gasteiger partial charge in [0.05, 0.1) is 16.6 Å². The molecular weight excluding hydrogens is 378 g/mol. The van der Waals surface area contributed by atoms with E-state index in [9.17, 15) is 27.2 Å². The SMILES string of the molecule is O=C(CCc1nc2ccccc2[nH]c1=O)NCc1ccc(C(F)(F)F)cc1F. The number of aromatic amines is 1. The number of alkyl halides is 3. The van der Waals surface area contributed by atoms with Crippen LogP contribution in [0.1, 0.15) is 23.2 Å². The molecule has 146 valence electrons. The monoisotopic (exact) mass is 393 g/mol. The van der Waals surface area contributed by atoms with Crippen LogP contribution in [0.2, 0.25) is 0 Å². The number of nitrogens with one attached hydrogen (secondary N) is 2. The van der Waals surface area contributed by atoms with Gasteiger partial charge in [-0.2, -0.15) is 13.2 Å². The highest BCUT2D eigenvalue weighted by Gasteiger charge is 2.31. The third-order valence-corrected chi connectivity index (χ3v) is 4.12. The summed E-state index contributed by atoms with van der Waals surface area (Å²) in [5.41, 5.74) is -0.206. The Morgan fingerprint density at radius 2 is 1.89 bits per heavy atom. The number of benzene rings is 2. The van der Waals surface area contributed by atoms with Crippen molar-refractivity contribution >= 4 is 16.9 Å². The normalized spacial score (nSPS) is 11.6. The molecule has 5 nitrogen and oxygen atoms in total. The zero-order chi connectivity index (χ0) is 20.3. The van der Waals surface area contributed by atoms with E-state index in [1.807, 2.05) is 0 Å². The number of hydrogen-bond acceptors (Lipinski definition) is 3. The van der Waals surface area contributed by atoms with E-state index in [2.05, 4.69) is 15.3 Å². The van der Waals surface area contributed by atoms with Crippen LogP contribution in [-0.4, -0.2) is 15.9 Å². The molecule has 0 fully saturated rings. The zero-order valence-corrected chi connectivity index (χ0v) is 14.4. The summed E-state index contributed by atoms with van der Waals surface area (Å²) in [6.45, 7) is -0.260. The van der Waals surface area contributed by atoms with Gasteiger partial charge in [0, 0.05) is 24.9 Å². The molecule has 2 aromatic carbocycles. The molecule has 2 N–H and O–H groups in total. The van der Waals surface area contributed by atoms with Crippen LogP contribution in [0.25, 0.3) is 11.0 Å². The van der Waals surface area contributed by atoms with Crippen molar-refractivity contribution in [2.75, 3.05) is 0 Å². The van der Waals surface area contributed by atoms with E-state index >= 15 is 0 Å². The predicted octanol–water partition coefficient (Wildman–Crippen LogP) is 3.33. The second-order valence-corrected chi connectivity index (χ2v) is 6.11. The molecule has 0 unspecified atom stereocenters. The van der Waals surface area contributed by atoms with Gasteiger partial charge in [0.15, 0.2) is 0 Å². The Labute approximate surface area is 156 Å². The summed E-state index contributed by atoms with van der Waals surface area (Å²) in [5.74, 6) is -1.53. The smallest absolute Gasteiger partial charge is 0.352 e. The largest absolute Gasteiger partial charge is 0.416 e. The van der Waals surface area contributed by atoms with Gasteiger partial charge >= 0.3 is 6.18 Å². The molecule has 1 aromatic heterocycles. The molecule has 1 heterocycles. The average Bonchev–Trinajstić information content (AvgIpc) is 2.64. The van der Waals surface area contributed by atoms with Crippen molar-refractivity contribution in [1.82, 2.24) is 15.3 Å². The maximum Gasteiger partial charge on any atom is 0.416 e. The molecule has 0 atom stereocenters. The Bertz CT molecular complexity index is 1080. The summed E-state index contributed by atoms with van der Waals surface area (Å²) in [6, 6.07) is 9.08. The number of carbonyl (C=O) groups excluding carboxylic acids is 1. The Morgan fingerprint density at radius 3 is 2.61 bits per heavy atom. The van der Waals surface area contributed by atoms with Crippen LogP contribution in [0.5, 0.6) is 0 Å². The number of halogens is 4. The summed E-state index contributed by atoms with van der Waals surface area (Å²) in [4.78, 5) is 30.8. The molecule has 28 heavy (non-hydrogen) atoms. The molecule has 0 aliphatic heterocycles. The molecule has 0 saturated carbocycles. The number of H-pyrrole nitrogens is 1. The Balaban J connectivity index is 1.59. The van der Waals surface area contributed by atoms with Crippen molar-refractivity contribution in [2.24, 2.45) is 0 Å². The van der Waals surface area contributed by atoms with Crippen LogP contribution in [0.4, 0.5) is 17.6 Å². The summed E-state index contributed by atoms with van der Waals surface area (Å²) < 4.78 is 51.4. The van der Waals surface area contributed by atoms with E-state index in [4.69, 9.17) is 0 Å². The fourth-order valence-corrected chi connectivity index (χ4v) is 2.62. The van der Waals surface area contributed by atoms with E-state index in [-0.39, 0.29) is 30.6 Å². The van der Waals surface area contributed by atoms with E-state index in [0.29, 0.717) is 17.1 Å². The second-order valence-electron chi connectivity index (χ2n) is 6.11. The number of nitrogens with zero attached hydrogens (tertiary/aromatic N) is 1. The highest BCUT2D eigenvalue weighted by atomic mass is 19.4. The lowest BCUT2D eigenvalue weighted by molar-refractivity contribution is -0.137. The first kappa shape index (κ1) is 19.5. The van der Waals surface area contributed by atoms with Crippen molar-refractivity contribution < 1.29 is 22.4 Å². The number of fused-ring (bicyclic) bond motifs is 1. The van der Waals surface area contributed by atoms with Gasteiger partial charge < -0.3 is 10.3 Å². The quantitative estimate of drug-likeness (QED) is 0.653. The van der Waals surface area contributed by atoms with Gasteiger partial charge in [0.1, 0.15) is 11.5 Å². The molecular formula is C19H15F4N3O2. The summed E-state index contributed by atoms with van der Waals surface area (Å²) in [6.07, 6.45) is -4.64. The van der Waals surface area contributed by atoms with Crippen molar-refractivity contribution in [3.05, 3.63) is 75.5 Å². The highest BCUT2D eigenvalue weighted by molar-refractivity contribution is 5.76. The first-order valence-electron chi connectivity index (χ1n) is 8.34. The molecule has 0 aliphatic carbocycles. The van der Waals surface area contributed by atoms with Gasteiger partial charge in [-0.25, -0.2) is 9.37 Å². The number of hydrogen-bond donors (Lipinski definition) is 2. The number of aryl methyl sites for hydroxylation is 1. The number of para-hydroxylation sites is 2. The molecule has 0 bridgehead atoms. The van der Waals surface area contributed by atoms with Crippen LogP contribution in [0.3, 0.4) is 0 Å². The second kappa shape index (κ2) is 7.79. The molecule has 0 aliphatic rings. The lowest BCUT2D eigenvalue weighted by atomic mass is 10.1. The minimum atomic E-state index is -4.64. The fraction of sp³-hybridized carbons (Fsp3) is 0.211. The van der Waals surface area contributed by atoms with Gasteiger partial charge in [-0.1, -0.05) is 18.2 Å². The third-order valence-electron chi connectivity index (χ3n) is 4.12. The van der Waals surface area contributed by atoms with Crippen molar-refractivity contribution in [3.63, 3.8) is 0 Å². The lowest BCUT2D eigenvalue weighted by Gasteiger charge is -2.10. The van der Waals surface area contributed by atoms with Crippen LogP contribution in [0, 0.1) is 5.82 Å². The molecule has 9 heteroatoms. The summed E-state index contributed by atoms with van der Waals surface area (Å²) in [5, 5.41) is 2.42. The van der Waals surface area contributed by atoms with Gasteiger partial charge in [0.2, 0.25) is 5.91 Å². The van der Waals surface area contributed by atoms with Crippen LogP contribution < -0.4 is 10.9 Å². The molecule has 1 amide bonds. The maximum absolute atomic E-state index is 13.8. The third kappa shape index (κ3) is 4.54. The molecule has 3 aromatic rings. The minimum Gasteiger partial charge on any atom is -0.352 e. The number of rotatable bonds is 5. The molecule has 0 saturated heterocycles. The molecule has 3 rings (SSSR count). The van der Waals surface area contributed by atoms with E-state index in [1.165, 1.54) is 0 Å². The van der Waals surface area contributed by atoms with Crippen LogP contribution in [0.15, 0.2) is 47.3 Å². The van der Waals surface area contributed by atoms with Crippen molar-refractivity contribution in [2.45, 2.75) is 25.6 Å². The Morgan fingerprint density at radius 1 is 1.14 bits per heavy atom. The maximum atomic E-state index is 13.8.